The van der Waals surface area contributed by atoms with Crippen LogP contribution < -0.4 is 15.5 Å². The molecule has 0 saturated carbocycles. The van der Waals surface area contributed by atoms with E-state index in [9.17, 15) is 4.79 Å². The summed E-state index contributed by atoms with van der Waals surface area (Å²) >= 11 is 5.83. The van der Waals surface area contributed by atoms with Gasteiger partial charge in [0.1, 0.15) is 12.6 Å². The van der Waals surface area contributed by atoms with Crippen LogP contribution in [0.5, 0.6) is 0 Å². The lowest BCUT2D eigenvalue weighted by atomic mass is 10.00. The molecule has 3 heterocycles. The van der Waals surface area contributed by atoms with Crippen molar-refractivity contribution in [3.63, 3.8) is 0 Å². The van der Waals surface area contributed by atoms with Crippen molar-refractivity contribution in [1.82, 2.24) is 14.9 Å². The van der Waals surface area contributed by atoms with Gasteiger partial charge in [-0.1, -0.05) is 6.07 Å². The summed E-state index contributed by atoms with van der Waals surface area (Å²) in [5, 5.41) is 7.04. The Hall–Kier alpha value is -3.23. The van der Waals surface area contributed by atoms with E-state index in [1.54, 1.807) is 0 Å². The number of benzene rings is 1. The van der Waals surface area contributed by atoms with Gasteiger partial charge in [-0.3, -0.25) is 9.78 Å². The van der Waals surface area contributed by atoms with Gasteiger partial charge in [0.2, 0.25) is 5.91 Å². The maximum Gasteiger partial charge on any atom is 0.250 e. The minimum atomic E-state index is -0.186. The molecule has 172 valence electrons. The summed E-state index contributed by atoms with van der Waals surface area (Å²) in [6, 6.07) is 16.2. The summed E-state index contributed by atoms with van der Waals surface area (Å²) in [5.41, 5.74) is 4.74. The molecule has 1 saturated heterocycles. The molecular formula is C25H29N5O2S. The van der Waals surface area contributed by atoms with Crippen LogP contribution in [0.25, 0.3) is 0 Å². The van der Waals surface area contributed by atoms with Gasteiger partial charge in [-0.2, -0.15) is 0 Å². The molecule has 1 amide bonds. The molecule has 1 fully saturated rings. The van der Waals surface area contributed by atoms with Crippen LogP contribution in [0.15, 0.2) is 60.9 Å². The predicted octanol–water partition coefficient (Wildman–Crippen LogP) is 4.53. The lowest BCUT2D eigenvalue weighted by Crippen LogP contribution is -2.30. The average molecular weight is 464 g/mol. The van der Waals surface area contributed by atoms with Crippen molar-refractivity contribution in [2.75, 3.05) is 23.9 Å². The van der Waals surface area contributed by atoms with Gasteiger partial charge in [0.05, 0.1) is 11.7 Å². The first kappa shape index (κ1) is 22.9. The van der Waals surface area contributed by atoms with Crippen LogP contribution in [0.2, 0.25) is 0 Å². The zero-order valence-electron chi connectivity index (χ0n) is 19.3. The summed E-state index contributed by atoms with van der Waals surface area (Å²) < 4.78 is 7.19. The Labute approximate surface area is 199 Å². The Morgan fingerprint density at radius 2 is 2.06 bits per heavy atom. The van der Waals surface area contributed by atoms with Gasteiger partial charge >= 0.3 is 0 Å². The molecule has 1 aromatic carbocycles. The number of hydrogen-bond acceptors (Lipinski definition) is 4. The third-order valence-corrected chi connectivity index (χ3v) is 6.12. The number of pyridine rings is 1. The van der Waals surface area contributed by atoms with Crippen molar-refractivity contribution in [2.24, 2.45) is 0 Å². The number of thiocarbonyl (C=S) groups is 1. The number of carbonyl (C=O) groups excluding carboxylic acids is 1. The SMILES string of the molecule is COCC(=O)Nc1ccc(N2C(=S)N[C@H](c3ccccn3)[C@H]2c2cccn2C(C)C)cc1C. The normalized spacial score (nSPS) is 18.0. The summed E-state index contributed by atoms with van der Waals surface area (Å²) in [6.07, 6.45) is 3.91. The third-order valence-electron chi connectivity index (χ3n) is 5.81. The van der Waals surface area contributed by atoms with E-state index in [4.69, 9.17) is 17.0 Å². The standard InChI is InChI=1S/C25H29N5O2S/c1-16(2)29-13-7-9-21(29)24-23(20-8-5-6-12-26-20)28-25(33)30(24)18-10-11-19(17(3)14-18)27-22(31)15-32-4/h5-14,16,23-24H,15H2,1-4H3,(H,27,31)(H,28,33)/t23-,24-/m1/s1. The smallest absolute Gasteiger partial charge is 0.250 e. The highest BCUT2D eigenvalue weighted by Gasteiger charge is 2.42. The first-order chi connectivity index (χ1) is 15.9. The number of rotatable bonds is 7. The average Bonchev–Trinajstić information content (AvgIpc) is 3.40. The van der Waals surface area contributed by atoms with E-state index in [-0.39, 0.29) is 24.6 Å². The van der Waals surface area contributed by atoms with E-state index in [2.05, 4.69) is 57.3 Å². The Morgan fingerprint density at radius 3 is 2.73 bits per heavy atom. The topological polar surface area (TPSA) is 71.4 Å². The molecule has 0 radical (unpaired) electrons. The summed E-state index contributed by atoms with van der Waals surface area (Å²) in [4.78, 5) is 18.8. The van der Waals surface area contributed by atoms with E-state index in [0.29, 0.717) is 11.2 Å². The number of nitrogens with one attached hydrogen (secondary N) is 2. The van der Waals surface area contributed by atoms with Gasteiger partial charge in [-0.15, -0.1) is 0 Å². The largest absolute Gasteiger partial charge is 0.375 e. The highest BCUT2D eigenvalue weighted by atomic mass is 32.1. The maximum absolute atomic E-state index is 12.0. The van der Waals surface area contributed by atoms with Crippen LogP contribution >= 0.6 is 12.2 Å². The van der Waals surface area contributed by atoms with Crippen molar-refractivity contribution in [2.45, 2.75) is 38.9 Å². The molecule has 0 aliphatic carbocycles. The molecule has 1 aliphatic heterocycles. The fourth-order valence-electron chi connectivity index (χ4n) is 4.32. The van der Waals surface area contributed by atoms with E-state index in [1.165, 1.54) is 7.11 Å². The first-order valence-electron chi connectivity index (χ1n) is 11.0. The highest BCUT2D eigenvalue weighted by Crippen LogP contribution is 2.42. The fraction of sp³-hybridized carbons (Fsp3) is 0.320. The second-order valence-electron chi connectivity index (χ2n) is 8.41. The van der Waals surface area contributed by atoms with Gasteiger partial charge in [0, 0.05) is 42.6 Å². The molecule has 4 rings (SSSR count). The maximum atomic E-state index is 12.0. The van der Waals surface area contributed by atoms with Crippen LogP contribution in [0, 0.1) is 6.92 Å². The monoisotopic (exact) mass is 463 g/mol. The second kappa shape index (κ2) is 9.72. The predicted molar refractivity (Wildman–Crippen MR) is 134 cm³/mol. The lowest BCUT2D eigenvalue weighted by molar-refractivity contribution is -0.119. The number of ether oxygens (including phenoxy) is 1. The number of aromatic nitrogens is 2. The zero-order valence-corrected chi connectivity index (χ0v) is 20.1. The molecule has 2 atom stereocenters. The van der Waals surface area contributed by atoms with Gasteiger partial charge in [0.25, 0.3) is 0 Å². The molecule has 3 aromatic rings. The Balaban J connectivity index is 1.76. The Morgan fingerprint density at radius 1 is 1.24 bits per heavy atom. The van der Waals surface area contributed by atoms with E-state index < -0.39 is 0 Å². The number of nitrogens with zero attached hydrogens (tertiary/aromatic N) is 3. The van der Waals surface area contributed by atoms with Crippen molar-refractivity contribution in [1.29, 1.82) is 0 Å². The molecule has 1 aliphatic rings. The second-order valence-corrected chi connectivity index (χ2v) is 8.80. The van der Waals surface area contributed by atoms with Crippen LogP contribution in [0.3, 0.4) is 0 Å². The van der Waals surface area contributed by atoms with Crippen LogP contribution in [-0.2, 0) is 9.53 Å². The molecule has 0 bridgehead atoms. The summed E-state index contributed by atoms with van der Waals surface area (Å²) in [5.74, 6) is -0.186. The third kappa shape index (κ3) is 4.62. The number of amides is 1. The minimum absolute atomic E-state index is 0.0152. The van der Waals surface area contributed by atoms with Gasteiger partial charge in [-0.05, 0) is 81.0 Å². The quantitative estimate of drug-likeness (QED) is 0.502. The van der Waals surface area contributed by atoms with Crippen LogP contribution in [0.1, 0.15) is 48.9 Å². The molecule has 2 N–H and O–H groups in total. The van der Waals surface area contributed by atoms with E-state index in [0.717, 1.165) is 28.3 Å². The van der Waals surface area contributed by atoms with E-state index >= 15 is 0 Å². The van der Waals surface area contributed by atoms with Crippen LogP contribution in [0.4, 0.5) is 11.4 Å². The fourth-order valence-corrected chi connectivity index (χ4v) is 4.66. The van der Waals surface area contributed by atoms with Gasteiger partial charge < -0.3 is 24.8 Å². The number of methoxy groups -OCH3 is 1. The van der Waals surface area contributed by atoms with Gasteiger partial charge in [0.15, 0.2) is 5.11 Å². The lowest BCUT2D eigenvalue weighted by Gasteiger charge is -2.30. The summed E-state index contributed by atoms with van der Waals surface area (Å²) in [7, 11) is 1.50. The summed E-state index contributed by atoms with van der Waals surface area (Å²) in [6.45, 7) is 6.33. The number of carbonyl (C=O) groups is 1. The van der Waals surface area contributed by atoms with Crippen molar-refractivity contribution in [3.8, 4) is 0 Å². The molecule has 7 nitrogen and oxygen atoms in total. The molecule has 0 spiro atoms. The zero-order chi connectivity index (χ0) is 23.5. The molecule has 2 aromatic heterocycles. The first-order valence-corrected chi connectivity index (χ1v) is 11.4. The van der Waals surface area contributed by atoms with Crippen molar-refractivity contribution in [3.05, 3.63) is 77.9 Å². The van der Waals surface area contributed by atoms with Gasteiger partial charge in [-0.25, -0.2) is 0 Å². The van der Waals surface area contributed by atoms with Crippen molar-refractivity contribution < 1.29 is 9.53 Å². The molecule has 33 heavy (non-hydrogen) atoms. The van der Waals surface area contributed by atoms with Crippen LogP contribution in [-0.4, -0.2) is 34.3 Å². The Bertz CT molecular complexity index is 1140. The highest BCUT2D eigenvalue weighted by molar-refractivity contribution is 7.80. The number of aryl methyl sites for hydroxylation is 1. The minimum Gasteiger partial charge on any atom is -0.375 e. The molecule has 8 heteroatoms. The van der Waals surface area contributed by atoms with E-state index in [1.807, 2.05) is 49.5 Å². The molecular weight excluding hydrogens is 434 g/mol. The number of anilines is 2. The molecule has 0 unspecified atom stereocenters. The van der Waals surface area contributed by atoms with Crippen molar-refractivity contribution >= 4 is 34.6 Å². The Kier molecular flexibility index (Phi) is 6.76. The number of hydrogen-bond donors (Lipinski definition) is 2.